The molecule has 0 saturated heterocycles. The van der Waals surface area contributed by atoms with Crippen LogP contribution in [0.1, 0.15) is 34.5 Å². The van der Waals surface area contributed by atoms with Crippen molar-refractivity contribution in [3.8, 4) is 0 Å². The van der Waals surface area contributed by atoms with Crippen LogP contribution in [0.4, 0.5) is 5.69 Å². The Morgan fingerprint density at radius 1 is 1.16 bits per heavy atom. The highest BCUT2D eigenvalue weighted by Crippen LogP contribution is 2.23. The minimum atomic E-state index is -0.914. The molecule has 0 spiro atoms. The van der Waals surface area contributed by atoms with Crippen LogP contribution in [-0.2, 0) is 0 Å². The molecule has 1 atom stereocenters. The van der Waals surface area contributed by atoms with Gasteiger partial charge in [-0.1, -0.05) is 36.4 Å². The summed E-state index contributed by atoms with van der Waals surface area (Å²) in [4.78, 5) is 11.2. The predicted molar refractivity (Wildman–Crippen MR) is 76.6 cm³/mol. The molecular formula is C16H17NO2. The van der Waals surface area contributed by atoms with Gasteiger partial charge in [0, 0.05) is 11.7 Å². The number of carboxylic acid groups (broad SMARTS) is 1. The molecule has 19 heavy (non-hydrogen) atoms. The summed E-state index contributed by atoms with van der Waals surface area (Å²) in [6.07, 6.45) is 0. The Morgan fingerprint density at radius 3 is 2.47 bits per heavy atom. The minimum absolute atomic E-state index is 0.0566. The number of aryl methyl sites for hydroxylation is 1. The van der Waals surface area contributed by atoms with Gasteiger partial charge >= 0.3 is 5.97 Å². The van der Waals surface area contributed by atoms with Gasteiger partial charge in [0.2, 0.25) is 0 Å². The normalized spacial score (nSPS) is 11.9. The zero-order chi connectivity index (χ0) is 13.8. The molecule has 0 bridgehead atoms. The second kappa shape index (κ2) is 5.57. The van der Waals surface area contributed by atoms with Crippen LogP contribution in [0.5, 0.6) is 0 Å². The van der Waals surface area contributed by atoms with Gasteiger partial charge in [-0.05, 0) is 37.1 Å². The smallest absolute Gasteiger partial charge is 0.337 e. The maximum Gasteiger partial charge on any atom is 0.337 e. The topological polar surface area (TPSA) is 49.3 Å². The van der Waals surface area contributed by atoms with E-state index >= 15 is 0 Å². The molecule has 0 radical (unpaired) electrons. The molecule has 0 aromatic heterocycles. The van der Waals surface area contributed by atoms with E-state index in [1.165, 1.54) is 0 Å². The number of aromatic carboxylic acids is 1. The number of hydrogen-bond donors (Lipinski definition) is 2. The molecule has 98 valence electrons. The summed E-state index contributed by atoms with van der Waals surface area (Å²) in [6.45, 7) is 3.97. The first kappa shape index (κ1) is 13.1. The summed E-state index contributed by atoms with van der Waals surface area (Å²) in [5, 5.41) is 12.5. The summed E-state index contributed by atoms with van der Waals surface area (Å²) in [5.74, 6) is -0.914. The molecule has 0 aliphatic heterocycles. The van der Waals surface area contributed by atoms with Crippen LogP contribution >= 0.6 is 0 Å². The first-order valence-corrected chi connectivity index (χ1v) is 6.23. The van der Waals surface area contributed by atoms with E-state index in [1.807, 2.05) is 56.3 Å². The third kappa shape index (κ3) is 3.13. The number of nitrogens with one attached hydrogen (secondary N) is 1. The van der Waals surface area contributed by atoms with Gasteiger partial charge in [0.25, 0.3) is 0 Å². The Kier molecular flexibility index (Phi) is 3.85. The first-order chi connectivity index (χ1) is 9.08. The van der Waals surface area contributed by atoms with Crippen molar-refractivity contribution in [2.24, 2.45) is 0 Å². The molecule has 0 heterocycles. The second-order valence-corrected chi connectivity index (χ2v) is 4.63. The van der Waals surface area contributed by atoms with Crippen LogP contribution < -0.4 is 5.32 Å². The van der Waals surface area contributed by atoms with Gasteiger partial charge in [-0.15, -0.1) is 0 Å². The van der Waals surface area contributed by atoms with E-state index in [0.717, 1.165) is 11.1 Å². The predicted octanol–water partition coefficient (Wildman–Crippen LogP) is 3.87. The Balaban J connectivity index is 2.28. The summed E-state index contributed by atoms with van der Waals surface area (Å²) in [6, 6.07) is 15.3. The van der Waals surface area contributed by atoms with Crippen LogP contribution in [0.2, 0.25) is 0 Å². The number of carboxylic acids is 1. The molecule has 1 unspecified atom stereocenters. The van der Waals surface area contributed by atoms with Crippen molar-refractivity contribution in [2.45, 2.75) is 19.9 Å². The lowest BCUT2D eigenvalue weighted by molar-refractivity contribution is 0.0698. The highest BCUT2D eigenvalue weighted by molar-refractivity contribution is 5.94. The second-order valence-electron chi connectivity index (χ2n) is 4.63. The quantitative estimate of drug-likeness (QED) is 0.872. The molecule has 0 aliphatic rings. The molecule has 0 amide bonds. The molecule has 2 rings (SSSR count). The van der Waals surface area contributed by atoms with Crippen molar-refractivity contribution >= 4 is 11.7 Å². The molecule has 2 aromatic rings. The lowest BCUT2D eigenvalue weighted by Gasteiger charge is -2.17. The molecule has 3 nitrogen and oxygen atoms in total. The number of carbonyl (C=O) groups is 1. The number of benzene rings is 2. The molecule has 2 aromatic carbocycles. The van der Waals surface area contributed by atoms with Gasteiger partial charge in [0.15, 0.2) is 0 Å². The van der Waals surface area contributed by atoms with Gasteiger partial charge in [0.1, 0.15) is 0 Å². The Hall–Kier alpha value is -2.29. The van der Waals surface area contributed by atoms with E-state index in [-0.39, 0.29) is 6.04 Å². The van der Waals surface area contributed by atoms with Crippen molar-refractivity contribution in [2.75, 3.05) is 5.32 Å². The summed E-state index contributed by atoms with van der Waals surface area (Å²) < 4.78 is 0. The average molecular weight is 255 g/mol. The van der Waals surface area contributed by atoms with Gasteiger partial charge in [0.05, 0.1) is 5.56 Å². The first-order valence-electron chi connectivity index (χ1n) is 6.23. The van der Waals surface area contributed by atoms with E-state index in [2.05, 4.69) is 5.32 Å². The molecule has 0 saturated carbocycles. The van der Waals surface area contributed by atoms with E-state index < -0.39 is 5.97 Å². The Bertz CT molecular complexity index is 579. The lowest BCUT2D eigenvalue weighted by Crippen LogP contribution is -2.10. The van der Waals surface area contributed by atoms with Crippen LogP contribution in [-0.4, -0.2) is 11.1 Å². The number of hydrogen-bond acceptors (Lipinski definition) is 2. The van der Waals surface area contributed by atoms with Crippen molar-refractivity contribution in [1.82, 2.24) is 0 Å². The fraction of sp³-hybridized carbons (Fsp3) is 0.188. The number of rotatable bonds is 4. The molecule has 0 aliphatic carbocycles. The van der Waals surface area contributed by atoms with Crippen LogP contribution in [0.15, 0.2) is 48.5 Å². The monoisotopic (exact) mass is 255 g/mol. The molecule has 0 fully saturated rings. The minimum Gasteiger partial charge on any atom is -0.478 e. The van der Waals surface area contributed by atoms with Crippen LogP contribution in [0.25, 0.3) is 0 Å². The summed E-state index contributed by atoms with van der Waals surface area (Å²) in [5.41, 5.74) is 3.12. The van der Waals surface area contributed by atoms with Crippen LogP contribution in [0, 0.1) is 6.92 Å². The molecular weight excluding hydrogens is 238 g/mol. The fourth-order valence-electron chi connectivity index (χ4n) is 2.02. The summed E-state index contributed by atoms with van der Waals surface area (Å²) >= 11 is 0. The van der Waals surface area contributed by atoms with Crippen molar-refractivity contribution in [3.05, 3.63) is 65.2 Å². The zero-order valence-corrected chi connectivity index (χ0v) is 11.1. The maximum absolute atomic E-state index is 11.2. The van der Waals surface area contributed by atoms with Gasteiger partial charge < -0.3 is 10.4 Å². The zero-order valence-electron chi connectivity index (χ0n) is 11.1. The highest BCUT2D eigenvalue weighted by atomic mass is 16.4. The van der Waals surface area contributed by atoms with E-state index in [1.54, 1.807) is 6.07 Å². The number of anilines is 1. The third-order valence-corrected chi connectivity index (χ3v) is 3.08. The fourth-order valence-corrected chi connectivity index (χ4v) is 2.02. The summed E-state index contributed by atoms with van der Waals surface area (Å²) in [7, 11) is 0. The average Bonchev–Trinajstić information content (AvgIpc) is 2.39. The van der Waals surface area contributed by atoms with E-state index in [0.29, 0.717) is 11.3 Å². The van der Waals surface area contributed by atoms with Gasteiger partial charge in [-0.3, -0.25) is 0 Å². The third-order valence-electron chi connectivity index (χ3n) is 3.08. The molecule has 2 N–H and O–H groups in total. The standard InChI is InChI=1S/C16H17NO2/c1-11-8-9-14(16(18)19)15(10-11)17-12(2)13-6-4-3-5-7-13/h3-10,12,17H,1-2H3,(H,18,19). The van der Waals surface area contributed by atoms with Crippen LogP contribution in [0.3, 0.4) is 0 Å². The van der Waals surface area contributed by atoms with E-state index in [4.69, 9.17) is 0 Å². The van der Waals surface area contributed by atoms with Crippen molar-refractivity contribution < 1.29 is 9.90 Å². The largest absolute Gasteiger partial charge is 0.478 e. The van der Waals surface area contributed by atoms with Crippen molar-refractivity contribution in [3.63, 3.8) is 0 Å². The van der Waals surface area contributed by atoms with Crippen molar-refractivity contribution in [1.29, 1.82) is 0 Å². The Labute approximate surface area is 112 Å². The Morgan fingerprint density at radius 2 is 1.84 bits per heavy atom. The van der Waals surface area contributed by atoms with E-state index in [9.17, 15) is 9.90 Å². The SMILES string of the molecule is Cc1ccc(C(=O)O)c(NC(C)c2ccccc2)c1. The lowest BCUT2D eigenvalue weighted by atomic mass is 10.1. The van der Waals surface area contributed by atoms with Gasteiger partial charge in [-0.25, -0.2) is 4.79 Å². The van der Waals surface area contributed by atoms with Gasteiger partial charge in [-0.2, -0.15) is 0 Å². The highest BCUT2D eigenvalue weighted by Gasteiger charge is 2.12. The molecule has 3 heteroatoms. The maximum atomic E-state index is 11.2.